The van der Waals surface area contributed by atoms with Gasteiger partial charge in [0, 0.05) is 16.7 Å². The predicted octanol–water partition coefficient (Wildman–Crippen LogP) is 1.26. The third kappa shape index (κ3) is 3.57. The fourth-order valence-electron chi connectivity index (χ4n) is 1.02. The monoisotopic (exact) mass is 280 g/mol. The molecule has 0 aliphatic heterocycles. The summed E-state index contributed by atoms with van der Waals surface area (Å²) in [5, 5.41) is -0.536. The molecule has 0 aliphatic rings. The number of carbonyl (C=O) groups is 2. The molecule has 8 heteroatoms. The van der Waals surface area contributed by atoms with Crippen molar-refractivity contribution in [2.24, 2.45) is 0 Å². The number of aryl methyl sites for hydroxylation is 1. The van der Waals surface area contributed by atoms with E-state index in [0.717, 1.165) is 6.07 Å². The molecule has 6 nitrogen and oxygen atoms in total. The van der Waals surface area contributed by atoms with Crippen LogP contribution in [0.25, 0.3) is 0 Å². The molecule has 0 N–H and O–H groups in total. The smallest absolute Gasteiger partial charge is 0.342 e. The highest BCUT2D eigenvalue weighted by atomic mass is 35.7. The zero-order chi connectivity index (χ0) is 13.2. The first-order valence-corrected chi connectivity index (χ1v) is 6.74. The number of hydrogen-bond donors (Lipinski definition) is 0. The van der Waals surface area contributed by atoms with Gasteiger partial charge in [-0.3, -0.25) is 4.79 Å². The Hall–Kier alpha value is -1.34. The summed E-state index contributed by atoms with van der Waals surface area (Å²) in [5.74, 6) is -1.12. The summed E-state index contributed by atoms with van der Waals surface area (Å²) in [6.45, 7) is 2.26. The van der Waals surface area contributed by atoms with Crippen LogP contribution >= 0.6 is 10.7 Å². The van der Waals surface area contributed by atoms with E-state index in [4.69, 9.17) is 15.1 Å². The first-order chi connectivity index (χ1) is 7.71. The van der Waals surface area contributed by atoms with E-state index in [9.17, 15) is 18.0 Å². The molecule has 1 aromatic heterocycles. The van der Waals surface area contributed by atoms with Gasteiger partial charge in [-0.1, -0.05) is 0 Å². The molecule has 0 amide bonds. The number of hydrogen-bond acceptors (Lipinski definition) is 6. The van der Waals surface area contributed by atoms with Gasteiger partial charge < -0.3 is 9.15 Å². The van der Waals surface area contributed by atoms with Gasteiger partial charge in [0.25, 0.3) is 9.05 Å². The van der Waals surface area contributed by atoms with Gasteiger partial charge >= 0.3 is 5.97 Å². The third-order valence-electron chi connectivity index (χ3n) is 1.76. The van der Waals surface area contributed by atoms with Gasteiger partial charge in [0.2, 0.25) is 5.09 Å². The number of ether oxygens (including phenoxy) is 1. The van der Waals surface area contributed by atoms with Crippen molar-refractivity contribution in [3.63, 3.8) is 0 Å². The second kappa shape index (κ2) is 4.89. The first-order valence-electron chi connectivity index (χ1n) is 4.43. The maximum absolute atomic E-state index is 11.4. The van der Waals surface area contributed by atoms with Gasteiger partial charge in [0.1, 0.15) is 17.9 Å². The van der Waals surface area contributed by atoms with Crippen molar-refractivity contribution >= 4 is 31.5 Å². The minimum Gasteiger partial charge on any atom is -0.454 e. The average Bonchev–Trinajstić information content (AvgIpc) is 2.56. The van der Waals surface area contributed by atoms with Crippen molar-refractivity contribution in [3.8, 4) is 0 Å². The fraction of sp³-hybridized carbons (Fsp3) is 0.333. The van der Waals surface area contributed by atoms with Gasteiger partial charge in [-0.15, -0.1) is 0 Å². The quantitative estimate of drug-likeness (QED) is 0.609. The Kier molecular flexibility index (Phi) is 3.94. The van der Waals surface area contributed by atoms with E-state index in [2.05, 4.69) is 4.74 Å². The van der Waals surface area contributed by atoms with E-state index in [0.29, 0.717) is 0 Å². The normalized spacial score (nSPS) is 11.2. The molecule has 1 rings (SSSR count). The molecule has 0 spiro atoms. The van der Waals surface area contributed by atoms with E-state index in [1.165, 1.54) is 13.8 Å². The van der Waals surface area contributed by atoms with E-state index >= 15 is 0 Å². The van der Waals surface area contributed by atoms with Crippen LogP contribution in [0.4, 0.5) is 0 Å². The Morgan fingerprint density at radius 1 is 1.47 bits per heavy atom. The van der Waals surface area contributed by atoms with Crippen LogP contribution in [0, 0.1) is 6.92 Å². The molecule has 17 heavy (non-hydrogen) atoms. The summed E-state index contributed by atoms with van der Waals surface area (Å²) in [5.41, 5.74) is -0.0783. The van der Waals surface area contributed by atoms with Crippen LogP contribution in [0.2, 0.25) is 0 Å². The highest BCUT2D eigenvalue weighted by Crippen LogP contribution is 2.22. The summed E-state index contributed by atoms with van der Waals surface area (Å²) in [6, 6.07) is 0.958. The molecule has 1 aromatic rings. The SMILES string of the molecule is CC(=O)COC(=O)c1cc(S(=O)(=O)Cl)oc1C. The maximum Gasteiger partial charge on any atom is 0.342 e. The Labute approximate surface area is 102 Å². The molecule has 0 fully saturated rings. The van der Waals surface area contributed by atoms with Crippen LogP contribution in [0.1, 0.15) is 23.0 Å². The van der Waals surface area contributed by atoms with Crippen LogP contribution in [0.3, 0.4) is 0 Å². The molecule has 0 saturated carbocycles. The lowest BCUT2D eigenvalue weighted by Gasteiger charge is -1.99. The number of halogens is 1. The lowest BCUT2D eigenvalue weighted by molar-refractivity contribution is -0.120. The lowest BCUT2D eigenvalue weighted by atomic mass is 10.3. The van der Waals surface area contributed by atoms with Crippen LogP contribution in [0.5, 0.6) is 0 Å². The molecular weight excluding hydrogens is 272 g/mol. The summed E-state index contributed by atoms with van der Waals surface area (Å²) in [4.78, 5) is 22.0. The van der Waals surface area contributed by atoms with Gasteiger partial charge in [-0.25, -0.2) is 13.2 Å². The molecule has 1 heterocycles. The summed E-state index contributed by atoms with van der Waals surface area (Å²) < 4.78 is 31.3. The lowest BCUT2D eigenvalue weighted by Crippen LogP contribution is -2.11. The molecule has 0 aromatic carbocycles. The summed E-state index contributed by atoms with van der Waals surface area (Å²) >= 11 is 0. The van der Waals surface area contributed by atoms with Gasteiger partial charge in [-0.2, -0.15) is 0 Å². The summed E-state index contributed by atoms with van der Waals surface area (Å²) in [6.07, 6.45) is 0. The number of ketones is 1. The number of furan rings is 1. The standard InChI is InChI=1S/C9H9ClO6S/c1-5(11)4-15-9(12)7-3-8(16-6(7)2)17(10,13)14/h3H,4H2,1-2H3. The Morgan fingerprint density at radius 2 is 2.06 bits per heavy atom. The highest BCUT2D eigenvalue weighted by Gasteiger charge is 2.22. The van der Waals surface area contributed by atoms with Crippen LogP contribution in [-0.2, 0) is 18.6 Å². The number of Topliss-reactive ketones (excluding diaryl/α,β-unsaturated/α-hetero) is 1. The Balaban J connectivity index is 2.96. The van der Waals surface area contributed by atoms with Gasteiger partial charge in [0.15, 0.2) is 5.78 Å². The molecule has 0 unspecified atom stereocenters. The Bertz CT molecular complexity index is 556. The zero-order valence-corrected chi connectivity index (χ0v) is 10.6. The topological polar surface area (TPSA) is 90.7 Å². The minimum atomic E-state index is -4.04. The van der Waals surface area contributed by atoms with Crippen molar-refractivity contribution in [2.45, 2.75) is 18.9 Å². The van der Waals surface area contributed by atoms with Gasteiger partial charge in [0.05, 0.1) is 0 Å². The van der Waals surface area contributed by atoms with Crippen LogP contribution in [-0.4, -0.2) is 26.8 Å². The van der Waals surface area contributed by atoms with Gasteiger partial charge in [-0.05, 0) is 13.8 Å². The first kappa shape index (κ1) is 13.7. The number of carbonyl (C=O) groups excluding carboxylic acids is 2. The minimum absolute atomic E-state index is 0.0535. The molecule has 0 saturated heterocycles. The molecule has 0 bridgehead atoms. The largest absolute Gasteiger partial charge is 0.454 e. The van der Waals surface area contributed by atoms with Crippen molar-refractivity contribution in [2.75, 3.05) is 6.61 Å². The van der Waals surface area contributed by atoms with Crippen molar-refractivity contribution in [1.82, 2.24) is 0 Å². The maximum atomic E-state index is 11.4. The fourth-order valence-corrected chi connectivity index (χ4v) is 1.73. The molecule has 0 atom stereocenters. The van der Waals surface area contributed by atoms with E-state index < -0.39 is 20.1 Å². The third-order valence-corrected chi connectivity index (χ3v) is 2.90. The molecule has 0 aliphatic carbocycles. The predicted molar refractivity (Wildman–Crippen MR) is 57.4 cm³/mol. The summed E-state index contributed by atoms with van der Waals surface area (Å²) in [7, 11) is 1.01. The van der Waals surface area contributed by atoms with Crippen LogP contribution in [0.15, 0.2) is 15.6 Å². The number of esters is 1. The molecule has 0 radical (unpaired) electrons. The van der Waals surface area contributed by atoms with Crippen molar-refractivity contribution in [3.05, 3.63) is 17.4 Å². The van der Waals surface area contributed by atoms with E-state index in [1.807, 2.05) is 0 Å². The van der Waals surface area contributed by atoms with E-state index in [1.54, 1.807) is 0 Å². The van der Waals surface area contributed by atoms with Crippen LogP contribution < -0.4 is 0 Å². The molecular formula is C9H9ClO6S. The second-order valence-electron chi connectivity index (χ2n) is 3.25. The van der Waals surface area contributed by atoms with Crippen molar-refractivity contribution < 1.29 is 27.2 Å². The number of rotatable bonds is 4. The molecule has 94 valence electrons. The highest BCUT2D eigenvalue weighted by molar-refractivity contribution is 8.13. The zero-order valence-electron chi connectivity index (χ0n) is 9.02. The van der Waals surface area contributed by atoms with E-state index in [-0.39, 0.29) is 23.7 Å². The average molecular weight is 281 g/mol. The van der Waals surface area contributed by atoms with Crippen molar-refractivity contribution in [1.29, 1.82) is 0 Å². The second-order valence-corrected chi connectivity index (χ2v) is 5.75. The Morgan fingerprint density at radius 3 is 2.47 bits per heavy atom.